The molecule has 3 heterocycles. The summed E-state index contributed by atoms with van der Waals surface area (Å²) in [4.78, 5) is 19.2. The lowest BCUT2D eigenvalue weighted by atomic mass is 10.2. The molecule has 0 saturated heterocycles. The zero-order chi connectivity index (χ0) is 13.4. The SMILES string of the molecule is Cc1cc(-n2ncc3c(C(=O)O)cncc32)ccn1. The minimum absolute atomic E-state index is 0.148. The molecule has 19 heavy (non-hydrogen) atoms. The lowest BCUT2D eigenvalue weighted by Gasteiger charge is -2.04. The third-order valence-corrected chi connectivity index (χ3v) is 2.85. The quantitative estimate of drug-likeness (QED) is 0.754. The van der Waals surface area contributed by atoms with Gasteiger partial charge in [0.15, 0.2) is 0 Å². The standard InChI is InChI=1S/C13H10N4O2/c1-8-4-9(2-3-15-8)17-12-7-14-5-11(13(18)19)10(12)6-16-17/h2-7H,1H3,(H,18,19). The first kappa shape index (κ1) is 11.3. The number of hydrogen-bond donors (Lipinski definition) is 1. The Labute approximate surface area is 108 Å². The molecule has 0 amide bonds. The van der Waals surface area contributed by atoms with Crippen LogP contribution in [0, 0.1) is 6.92 Å². The molecule has 0 fully saturated rings. The largest absolute Gasteiger partial charge is 0.478 e. The van der Waals surface area contributed by atoms with E-state index in [4.69, 9.17) is 5.11 Å². The van der Waals surface area contributed by atoms with Gasteiger partial charge in [-0.15, -0.1) is 0 Å². The average Bonchev–Trinajstić information content (AvgIpc) is 2.82. The van der Waals surface area contributed by atoms with Crippen molar-refractivity contribution >= 4 is 16.9 Å². The van der Waals surface area contributed by atoms with Crippen molar-refractivity contribution in [3.05, 3.63) is 48.2 Å². The maximum Gasteiger partial charge on any atom is 0.338 e. The molecule has 3 rings (SSSR count). The number of aromatic carboxylic acids is 1. The van der Waals surface area contributed by atoms with Crippen LogP contribution in [0.25, 0.3) is 16.6 Å². The van der Waals surface area contributed by atoms with Gasteiger partial charge < -0.3 is 5.11 Å². The molecule has 0 radical (unpaired) electrons. The summed E-state index contributed by atoms with van der Waals surface area (Å²) < 4.78 is 1.66. The van der Waals surface area contributed by atoms with Crippen molar-refractivity contribution in [1.82, 2.24) is 19.7 Å². The van der Waals surface area contributed by atoms with Crippen molar-refractivity contribution < 1.29 is 9.90 Å². The summed E-state index contributed by atoms with van der Waals surface area (Å²) >= 11 is 0. The maximum atomic E-state index is 11.1. The van der Waals surface area contributed by atoms with Gasteiger partial charge in [0.25, 0.3) is 0 Å². The van der Waals surface area contributed by atoms with E-state index in [0.717, 1.165) is 11.4 Å². The fraction of sp³-hybridized carbons (Fsp3) is 0.0769. The van der Waals surface area contributed by atoms with Crippen LogP contribution in [0.4, 0.5) is 0 Å². The third kappa shape index (κ3) is 1.83. The fourth-order valence-electron chi connectivity index (χ4n) is 1.98. The average molecular weight is 254 g/mol. The Kier molecular flexibility index (Phi) is 2.49. The van der Waals surface area contributed by atoms with Gasteiger partial charge >= 0.3 is 5.97 Å². The number of fused-ring (bicyclic) bond motifs is 1. The van der Waals surface area contributed by atoms with Crippen LogP contribution in [-0.4, -0.2) is 30.8 Å². The van der Waals surface area contributed by atoms with E-state index in [1.807, 2.05) is 19.1 Å². The van der Waals surface area contributed by atoms with E-state index in [1.165, 1.54) is 12.4 Å². The minimum atomic E-state index is -1.01. The van der Waals surface area contributed by atoms with Gasteiger partial charge in [-0.1, -0.05) is 0 Å². The van der Waals surface area contributed by atoms with Gasteiger partial charge in [-0.05, 0) is 19.1 Å². The summed E-state index contributed by atoms with van der Waals surface area (Å²) in [6, 6.07) is 3.69. The molecule has 6 heteroatoms. The summed E-state index contributed by atoms with van der Waals surface area (Å²) in [5.74, 6) is -1.01. The van der Waals surface area contributed by atoms with Crippen LogP contribution < -0.4 is 0 Å². The number of hydrogen-bond acceptors (Lipinski definition) is 4. The number of carboxylic acid groups (broad SMARTS) is 1. The number of nitrogens with zero attached hydrogens (tertiary/aromatic N) is 4. The second-order valence-corrected chi connectivity index (χ2v) is 4.14. The highest BCUT2D eigenvalue weighted by molar-refractivity contribution is 6.02. The Bertz CT molecular complexity index is 779. The number of aryl methyl sites for hydroxylation is 1. The molecule has 0 spiro atoms. The molecule has 3 aromatic rings. The molecule has 0 aliphatic carbocycles. The van der Waals surface area contributed by atoms with E-state index in [-0.39, 0.29) is 5.56 Å². The molecule has 0 aromatic carbocycles. The van der Waals surface area contributed by atoms with Gasteiger partial charge in [0.05, 0.1) is 29.2 Å². The Morgan fingerprint density at radius 1 is 1.32 bits per heavy atom. The summed E-state index contributed by atoms with van der Waals surface area (Å²) in [6.45, 7) is 1.89. The predicted molar refractivity (Wildman–Crippen MR) is 68.4 cm³/mol. The lowest BCUT2D eigenvalue weighted by molar-refractivity contribution is 0.0698. The number of rotatable bonds is 2. The molecule has 94 valence electrons. The molecular formula is C13H10N4O2. The first-order valence-electron chi connectivity index (χ1n) is 5.65. The van der Waals surface area contributed by atoms with Crippen molar-refractivity contribution in [2.75, 3.05) is 0 Å². The fourth-order valence-corrected chi connectivity index (χ4v) is 1.98. The maximum absolute atomic E-state index is 11.1. The minimum Gasteiger partial charge on any atom is -0.478 e. The number of carbonyl (C=O) groups is 1. The Hall–Kier alpha value is -2.76. The molecule has 3 aromatic heterocycles. The van der Waals surface area contributed by atoms with Crippen LogP contribution in [0.5, 0.6) is 0 Å². The summed E-state index contributed by atoms with van der Waals surface area (Å²) in [5, 5.41) is 13.9. The van der Waals surface area contributed by atoms with E-state index >= 15 is 0 Å². The van der Waals surface area contributed by atoms with E-state index in [9.17, 15) is 4.79 Å². The Morgan fingerprint density at radius 3 is 2.89 bits per heavy atom. The zero-order valence-corrected chi connectivity index (χ0v) is 10.1. The van der Waals surface area contributed by atoms with Gasteiger partial charge in [-0.3, -0.25) is 9.97 Å². The smallest absolute Gasteiger partial charge is 0.338 e. The predicted octanol–water partition coefficient (Wildman–Crippen LogP) is 1.82. The van der Waals surface area contributed by atoms with Crippen LogP contribution in [0.3, 0.4) is 0 Å². The zero-order valence-electron chi connectivity index (χ0n) is 10.1. The third-order valence-electron chi connectivity index (χ3n) is 2.85. The normalized spacial score (nSPS) is 10.8. The molecule has 0 saturated carbocycles. The molecule has 0 aliphatic rings. The van der Waals surface area contributed by atoms with Crippen molar-refractivity contribution in [3.63, 3.8) is 0 Å². The van der Waals surface area contributed by atoms with Gasteiger partial charge in [0, 0.05) is 23.5 Å². The van der Waals surface area contributed by atoms with Crippen LogP contribution in [0.15, 0.2) is 36.9 Å². The highest BCUT2D eigenvalue weighted by Crippen LogP contribution is 2.20. The molecule has 0 atom stereocenters. The second-order valence-electron chi connectivity index (χ2n) is 4.14. The lowest BCUT2D eigenvalue weighted by Crippen LogP contribution is -2.00. The molecule has 6 nitrogen and oxygen atoms in total. The molecule has 0 unspecified atom stereocenters. The number of aromatic nitrogens is 4. The molecular weight excluding hydrogens is 244 g/mol. The number of pyridine rings is 2. The summed E-state index contributed by atoms with van der Waals surface area (Å²) in [5.41, 5.74) is 2.50. The van der Waals surface area contributed by atoms with Crippen LogP contribution in [0.1, 0.15) is 16.1 Å². The topological polar surface area (TPSA) is 80.9 Å². The van der Waals surface area contributed by atoms with Crippen LogP contribution in [-0.2, 0) is 0 Å². The summed E-state index contributed by atoms with van der Waals surface area (Å²) in [7, 11) is 0. The number of carboxylic acids is 1. The van der Waals surface area contributed by atoms with Crippen molar-refractivity contribution in [3.8, 4) is 5.69 Å². The van der Waals surface area contributed by atoms with E-state index in [0.29, 0.717) is 10.9 Å². The van der Waals surface area contributed by atoms with Gasteiger partial charge in [0.1, 0.15) is 0 Å². The molecule has 0 aliphatic heterocycles. The highest BCUT2D eigenvalue weighted by Gasteiger charge is 2.13. The van der Waals surface area contributed by atoms with E-state index in [1.54, 1.807) is 17.1 Å². The van der Waals surface area contributed by atoms with E-state index < -0.39 is 5.97 Å². The monoisotopic (exact) mass is 254 g/mol. The second kappa shape index (κ2) is 4.16. The molecule has 0 bridgehead atoms. The Morgan fingerprint density at radius 2 is 2.16 bits per heavy atom. The summed E-state index contributed by atoms with van der Waals surface area (Å²) in [6.07, 6.45) is 6.15. The van der Waals surface area contributed by atoms with Crippen LogP contribution >= 0.6 is 0 Å². The van der Waals surface area contributed by atoms with Crippen LogP contribution in [0.2, 0.25) is 0 Å². The van der Waals surface area contributed by atoms with Gasteiger partial charge in [0.2, 0.25) is 0 Å². The van der Waals surface area contributed by atoms with Crippen molar-refractivity contribution in [2.24, 2.45) is 0 Å². The van der Waals surface area contributed by atoms with Crippen molar-refractivity contribution in [1.29, 1.82) is 0 Å². The highest BCUT2D eigenvalue weighted by atomic mass is 16.4. The Balaban J connectivity index is 2.27. The van der Waals surface area contributed by atoms with Crippen molar-refractivity contribution in [2.45, 2.75) is 6.92 Å². The first-order valence-corrected chi connectivity index (χ1v) is 5.65. The first-order chi connectivity index (χ1) is 9.16. The van der Waals surface area contributed by atoms with E-state index in [2.05, 4.69) is 15.1 Å². The molecule has 1 N–H and O–H groups in total. The van der Waals surface area contributed by atoms with Gasteiger partial charge in [-0.25, -0.2) is 9.48 Å². The van der Waals surface area contributed by atoms with Gasteiger partial charge in [-0.2, -0.15) is 5.10 Å².